The first kappa shape index (κ1) is 32.5. The van der Waals surface area contributed by atoms with E-state index >= 15 is 0 Å². The molecule has 1 saturated carbocycles. The fourth-order valence-corrected chi connectivity index (χ4v) is 9.57. The van der Waals surface area contributed by atoms with Gasteiger partial charge in [0.05, 0.1) is 53.5 Å². The van der Waals surface area contributed by atoms with Crippen molar-refractivity contribution in [2.45, 2.75) is 54.8 Å². The quantitative estimate of drug-likeness (QED) is 0.129. The van der Waals surface area contributed by atoms with Crippen molar-refractivity contribution in [1.29, 1.82) is 0 Å². The number of phosphoric ester groups is 1. The number of aliphatic hydroxyl groups excluding tert-OH is 3. The van der Waals surface area contributed by atoms with Crippen molar-refractivity contribution in [3.8, 4) is 0 Å². The molecule has 236 valence electrons. The van der Waals surface area contributed by atoms with Gasteiger partial charge in [0.1, 0.15) is 36.6 Å². The number of aliphatic hydroxyl groups is 4. The number of hydrogen-bond acceptors (Lipinski definition) is 17. The van der Waals surface area contributed by atoms with Gasteiger partial charge >= 0.3 is 14.5 Å². The van der Waals surface area contributed by atoms with E-state index in [1.54, 1.807) is 5.38 Å². The van der Waals surface area contributed by atoms with E-state index in [4.69, 9.17) is 51.6 Å². The molecule has 1 aliphatic carbocycles. The van der Waals surface area contributed by atoms with Crippen LogP contribution in [-0.2, 0) is 43.9 Å². The maximum atomic E-state index is 14.1. The molecule has 0 spiro atoms. The minimum absolute atomic E-state index is 0.286. The van der Waals surface area contributed by atoms with E-state index in [1.807, 2.05) is 0 Å². The van der Waals surface area contributed by atoms with Gasteiger partial charge in [0.2, 0.25) is 0 Å². The minimum atomic E-state index is -5.31. The van der Waals surface area contributed by atoms with Crippen molar-refractivity contribution in [2.24, 2.45) is 17.6 Å². The molecular formula is C20H29FN4O13P2S2. The summed E-state index contributed by atoms with van der Waals surface area (Å²) in [5.41, 5.74) is 13.4. The highest BCUT2D eigenvalue weighted by molar-refractivity contribution is 8.08. The Bertz CT molecular complexity index is 1410. The van der Waals surface area contributed by atoms with Crippen LogP contribution in [0.3, 0.4) is 0 Å². The van der Waals surface area contributed by atoms with Crippen molar-refractivity contribution in [3.63, 3.8) is 0 Å². The smallest absolute Gasteiger partial charge is 0.393 e. The molecule has 5 rings (SSSR count). The summed E-state index contributed by atoms with van der Waals surface area (Å²) in [7, 11) is -3.89. The Morgan fingerprint density at radius 3 is 2.69 bits per heavy atom. The molecule has 0 amide bonds. The van der Waals surface area contributed by atoms with E-state index in [9.17, 15) is 34.1 Å². The molecule has 10 N–H and O–H groups in total. The van der Waals surface area contributed by atoms with Crippen LogP contribution in [0.25, 0.3) is 10.2 Å². The van der Waals surface area contributed by atoms with Gasteiger partial charge in [-0.1, -0.05) is 0 Å². The number of aromatic nitrogens is 2. The number of phosphoric acid groups is 1. The lowest BCUT2D eigenvalue weighted by Gasteiger charge is -2.49. The van der Waals surface area contributed by atoms with E-state index in [0.717, 1.165) is 0 Å². The van der Waals surface area contributed by atoms with Crippen LogP contribution in [0.5, 0.6) is 0 Å². The number of thiophene rings is 1. The van der Waals surface area contributed by atoms with Gasteiger partial charge in [0.15, 0.2) is 12.1 Å². The number of nitrogens with zero attached hydrogens (tertiary/aromatic N) is 2. The molecule has 17 nitrogen and oxygen atoms in total. The molecule has 2 aromatic heterocycles. The molecule has 0 bridgehead atoms. The van der Waals surface area contributed by atoms with Crippen LogP contribution in [0, 0.1) is 11.8 Å². The average molecular weight is 679 g/mol. The number of hydrogen-bond donors (Lipinski definition) is 8. The predicted octanol–water partition coefficient (Wildman–Crippen LogP) is -1.23. The molecule has 22 heteroatoms. The SMILES string of the molecule is CO[C@@H]1[C@H](N)[C@@H](COP(O)(=S)OP(=O)(O)OC2OC3(O)C2C(O)C(O)C3[C@@H](F)CO)O[C@H]1c1csc2c(N)ncnc12. The fraction of sp³-hybridized carbons (Fsp3) is 0.700. The number of alkyl halides is 1. The second-order valence-electron chi connectivity index (χ2n) is 9.89. The number of fused-ring (bicyclic) bond motifs is 2. The lowest BCUT2D eigenvalue weighted by molar-refractivity contribution is -0.426. The second kappa shape index (κ2) is 11.8. The molecule has 0 aromatic carbocycles. The maximum Gasteiger partial charge on any atom is 0.481 e. The molecule has 3 fully saturated rings. The summed E-state index contributed by atoms with van der Waals surface area (Å²) in [6.45, 7) is -6.13. The number of halogens is 1. The van der Waals surface area contributed by atoms with Gasteiger partial charge in [-0.2, -0.15) is 0 Å². The lowest BCUT2D eigenvalue weighted by Crippen LogP contribution is -2.64. The van der Waals surface area contributed by atoms with Gasteiger partial charge in [-0.05, 0) is 17.2 Å². The first-order chi connectivity index (χ1) is 19.6. The molecule has 2 aromatic rings. The third-order valence-corrected chi connectivity index (χ3v) is 12.0. The summed E-state index contributed by atoms with van der Waals surface area (Å²) >= 11 is 6.14. The molecular weight excluding hydrogens is 649 g/mol. The van der Waals surface area contributed by atoms with E-state index in [0.29, 0.717) is 15.8 Å². The van der Waals surface area contributed by atoms with Crippen molar-refractivity contribution >= 4 is 53.7 Å². The summed E-state index contributed by atoms with van der Waals surface area (Å²) in [5, 5.41) is 41.7. The molecule has 4 heterocycles. The Balaban J connectivity index is 1.21. The van der Waals surface area contributed by atoms with Crippen molar-refractivity contribution in [1.82, 2.24) is 9.97 Å². The van der Waals surface area contributed by atoms with Gasteiger partial charge in [0.25, 0.3) is 0 Å². The van der Waals surface area contributed by atoms with Crippen LogP contribution < -0.4 is 11.5 Å². The zero-order chi connectivity index (χ0) is 30.8. The normalized spacial score (nSPS) is 39.9. The summed E-state index contributed by atoms with van der Waals surface area (Å²) < 4.78 is 58.6. The van der Waals surface area contributed by atoms with Gasteiger partial charge in [0, 0.05) is 12.7 Å². The van der Waals surface area contributed by atoms with Gasteiger partial charge < -0.3 is 60.4 Å². The summed E-state index contributed by atoms with van der Waals surface area (Å²) in [6, 6.07) is -0.816. The third-order valence-electron chi connectivity index (χ3n) is 7.46. The van der Waals surface area contributed by atoms with Gasteiger partial charge in [-0.15, -0.1) is 11.3 Å². The molecule has 2 saturated heterocycles. The van der Waals surface area contributed by atoms with Crippen molar-refractivity contribution in [2.75, 3.05) is 26.1 Å². The Hall–Kier alpha value is -0.870. The molecule has 8 unspecified atom stereocenters. The Morgan fingerprint density at radius 2 is 2.02 bits per heavy atom. The van der Waals surface area contributed by atoms with Crippen LogP contribution in [0.1, 0.15) is 11.7 Å². The first-order valence-electron chi connectivity index (χ1n) is 12.3. The van der Waals surface area contributed by atoms with E-state index in [-0.39, 0.29) is 5.82 Å². The van der Waals surface area contributed by atoms with Crippen LogP contribution in [-0.4, -0.2) is 109 Å². The van der Waals surface area contributed by atoms with Crippen LogP contribution in [0.2, 0.25) is 0 Å². The van der Waals surface area contributed by atoms with E-state index < -0.39 is 94.4 Å². The molecule has 0 radical (unpaired) electrons. The van der Waals surface area contributed by atoms with E-state index in [1.165, 1.54) is 24.8 Å². The topological polar surface area (TPSA) is 272 Å². The first-order valence-corrected chi connectivity index (χ1v) is 17.2. The lowest BCUT2D eigenvalue weighted by atomic mass is 9.87. The van der Waals surface area contributed by atoms with Crippen molar-refractivity contribution in [3.05, 3.63) is 17.3 Å². The number of nitrogens with two attached hydrogens (primary N) is 2. The van der Waals surface area contributed by atoms with Crippen LogP contribution in [0.15, 0.2) is 11.7 Å². The maximum absolute atomic E-state index is 14.1. The number of rotatable bonds is 11. The zero-order valence-electron chi connectivity index (χ0n) is 21.5. The standard InChI is InChI=1S/C20H29FN4O13P2S2/c1-33-16-11(22)8(35-15(16)6-4-42-17-12(6)24-5-25-18(17)23)3-34-40(32,41)38-39(30,31)37-19-10-14(28)13(27)9(7(21)2-26)20(10,29)36-19/h4-5,7-11,13-16,19,26-29H,2-3,22H2,1H3,(H,30,31)(H,32,41)(H2,23,24,25)/t7-,8+,9?,10?,11+,13?,14?,15-,16+,19?,20?,40?/m0/s1. The molecule has 3 aliphatic rings. The number of ether oxygens (including phenoxy) is 3. The summed E-state index contributed by atoms with van der Waals surface area (Å²) in [5.74, 6) is -5.61. The van der Waals surface area contributed by atoms with E-state index in [2.05, 4.69) is 14.3 Å². The van der Waals surface area contributed by atoms with Crippen molar-refractivity contribution < 1.29 is 66.7 Å². The van der Waals surface area contributed by atoms with Crippen LogP contribution in [0.4, 0.5) is 10.2 Å². The average Bonchev–Trinajstić information content (AvgIpc) is 3.50. The predicted molar refractivity (Wildman–Crippen MR) is 143 cm³/mol. The minimum Gasteiger partial charge on any atom is -0.393 e. The highest BCUT2D eigenvalue weighted by Gasteiger charge is 2.73. The second-order valence-corrected chi connectivity index (χ2v) is 15.2. The zero-order valence-corrected chi connectivity index (χ0v) is 24.9. The number of anilines is 1. The highest BCUT2D eigenvalue weighted by Crippen LogP contribution is 2.65. The molecule has 42 heavy (non-hydrogen) atoms. The third kappa shape index (κ3) is 5.67. The Morgan fingerprint density at radius 1 is 1.31 bits per heavy atom. The fourth-order valence-electron chi connectivity index (χ4n) is 5.52. The largest absolute Gasteiger partial charge is 0.481 e. The van der Waals surface area contributed by atoms with Gasteiger partial charge in [-0.3, -0.25) is 4.52 Å². The highest BCUT2D eigenvalue weighted by atomic mass is 32.5. The molecule has 13 atom stereocenters. The molecule has 2 aliphatic heterocycles. The summed E-state index contributed by atoms with van der Waals surface area (Å²) in [4.78, 5) is 28.9. The van der Waals surface area contributed by atoms with Gasteiger partial charge in [-0.25, -0.2) is 23.2 Å². The Kier molecular flexibility index (Phi) is 9.14. The number of methoxy groups -OCH3 is 1. The Labute approximate surface area is 246 Å². The number of nitrogen functional groups attached to an aromatic ring is 1. The monoisotopic (exact) mass is 678 g/mol. The summed E-state index contributed by atoms with van der Waals surface area (Å²) in [6.07, 6.45) is -8.89. The van der Waals surface area contributed by atoms with Crippen LogP contribution >= 0.6 is 25.9 Å².